The number of nitrogens with zero attached hydrogens (tertiary/aromatic N) is 4. The van der Waals surface area contributed by atoms with Gasteiger partial charge in [-0.05, 0) is 54.5 Å². The first-order valence-electron chi connectivity index (χ1n) is 9.48. The van der Waals surface area contributed by atoms with E-state index in [2.05, 4.69) is 15.6 Å². The number of benzene rings is 2. The summed E-state index contributed by atoms with van der Waals surface area (Å²) in [5, 5.41) is 10.9. The number of aromatic nitrogens is 3. The van der Waals surface area contributed by atoms with Crippen LogP contribution in [0.15, 0.2) is 47.4 Å². The zero-order valence-electron chi connectivity index (χ0n) is 16.0. The van der Waals surface area contributed by atoms with Gasteiger partial charge in [0.15, 0.2) is 6.61 Å². The standard InChI is InChI=1S/C19H20ClN5O4S/c20-14-7-8-17-18(11-14)25(23-22-17)29-13-19(26)21-15-5-4-6-16(12-15)30(27,28)24-9-2-1-3-10-24/h4-8,11-12H,1-3,9-10,13H2,(H,21,26). The summed E-state index contributed by atoms with van der Waals surface area (Å²) in [5.74, 6) is -0.465. The van der Waals surface area contributed by atoms with Crippen molar-refractivity contribution >= 4 is 44.3 Å². The van der Waals surface area contributed by atoms with Gasteiger partial charge < -0.3 is 10.2 Å². The van der Waals surface area contributed by atoms with Gasteiger partial charge in [-0.25, -0.2) is 8.42 Å². The number of carbonyl (C=O) groups excluding carboxylic acids is 1. The molecule has 4 rings (SSSR count). The largest absolute Gasteiger partial charge is 0.385 e. The molecule has 1 saturated heterocycles. The van der Waals surface area contributed by atoms with Crippen LogP contribution in [-0.4, -0.2) is 53.5 Å². The molecular formula is C19H20ClN5O4S. The highest BCUT2D eigenvalue weighted by Crippen LogP contribution is 2.23. The first kappa shape index (κ1) is 20.6. The number of amides is 1. The summed E-state index contributed by atoms with van der Waals surface area (Å²) in [4.78, 5) is 19.0. The van der Waals surface area contributed by atoms with Gasteiger partial charge in [-0.2, -0.15) is 4.31 Å². The molecule has 1 aromatic heterocycles. The van der Waals surface area contributed by atoms with E-state index in [1.54, 1.807) is 30.3 Å². The quantitative estimate of drug-likeness (QED) is 0.619. The minimum atomic E-state index is -3.58. The third kappa shape index (κ3) is 4.40. The SMILES string of the molecule is O=C(COn1nnc2ccc(Cl)cc21)Nc1cccc(S(=O)(=O)N2CCCCC2)c1. The highest BCUT2D eigenvalue weighted by molar-refractivity contribution is 7.89. The van der Waals surface area contributed by atoms with E-state index in [4.69, 9.17) is 16.4 Å². The minimum Gasteiger partial charge on any atom is -0.385 e. The van der Waals surface area contributed by atoms with E-state index in [9.17, 15) is 13.2 Å². The number of carbonyl (C=O) groups is 1. The summed E-state index contributed by atoms with van der Waals surface area (Å²) in [7, 11) is -3.58. The van der Waals surface area contributed by atoms with Crippen LogP contribution in [0.5, 0.6) is 0 Å². The second-order valence-electron chi connectivity index (χ2n) is 6.91. The van der Waals surface area contributed by atoms with Crippen LogP contribution in [0.1, 0.15) is 19.3 Å². The van der Waals surface area contributed by atoms with Crippen molar-refractivity contribution in [1.29, 1.82) is 0 Å². The number of hydrogen-bond donors (Lipinski definition) is 1. The number of rotatable bonds is 6. The van der Waals surface area contributed by atoms with Crippen LogP contribution in [-0.2, 0) is 14.8 Å². The number of anilines is 1. The van der Waals surface area contributed by atoms with Gasteiger partial charge >= 0.3 is 0 Å². The normalized spacial score (nSPS) is 15.2. The molecule has 30 heavy (non-hydrogen) atoms. The maximum atomic E-state index is 12.8. The molecule has 0 aliphatic carbocycles. The molecule has 1 aliphatic rings. The molecule has 2 heterocycles. The van der Waals surface area contributed by atoms with Crippen LogP contribution in [0.3, 0.4) is 0 Å². The number of nitrogens with one attached hydrogen (secondary N) is 1. The van der Waals surface area contributed by atoms with Crippen molar-refractivity contribution in [3.63, 3.8) is 0 Å². The van der Waals surface area contributed by atoms with Crippen molar-refractivity contribution in [1.82, 2.24) is 19.5 Å². The Morgan fingerprint density at radius 3 is 2.73 bits per heavy atom. The van der Waals surface area contributed by atoms with E-state index in [0.29, 0.717) is 34.8 Å². The molecule has 0 spiro atoms. The number of halogens is 1. The molecule has 158 valence electrons. The van der Waals surface area contributed by atoms with Crippen LogP contribution < -0.4 is 10.2 Å². The van der Waals surface area contributed by atoms with Crippen molar-refractivity contribution in [2.75, 3.05) is 25.0 Å². The number of fused-ring (bicyclic) bond motifs is 1. The van der Waals surface area contributed by atoms with Crippen molar-refractivity contribution in [2.24, 2.45) is 0 Å². The summed E-state index contributed by atoms with van der Waals surface area (Å²) >= 11 is 5.97. The Morgan fingerprint density at radius 1 is 1.13 bits per heavy atom. The van der Waals surface area contributed by atoms with Gasteiger partial charge in [0.05, 0.1) is 4.90 Å². The predicted octanol–water partition coefficient (Wildman–Crippen LogP) is 2.33. The maximum absolute atomic E-state index is 12.8. The Labute approximate surface area is 178 Å². The highest BCUT2D eigenvalue weighted by atomic mass is 35.5. The molecule has 0 unspecified atom stereocenters. The molecule has 0 saturated carbocycles. The predicted molar refractivity (Wildman–Crippen MR) is 112 cm³/mol. The Hall–Kier alpha value is -2.69. The van der Waals surface area contributed by atoms with E-state index in [1.165, 1.54) is 16.4 Å². The molecule has 3 aromatic rings. The lowest BCUT2D eigenvalue weighted by Gasteiger charge is -2.26. The Bertz CT molecular complexity index is 1170. The summed E-state index contributed by atoms with van der Waals surface area (Å²) in [6.45, 7) is 0.694. The molecule has 1 fully saturated rings. The van der Waals surface area contributed by atoms with Gasteiger partial charge in [0.1, 0.15) is 11.0 Å². The molecule has 0 atom stereocenters. The molecule has 1 aliphatic heterocycles. The van der Waals surface area contributed by atoms with Gasteiger partial charge in [-0.1, -0.05) is 28.9 Å². The smallest absolute Gasteiger partial charge is 0.265 e. The molecule has 0 bridgehead atoms. The molecular weight excluding hydrogens is 430 g/mol. The average Bonchev–Trinajstić information content (AvgIpc) is 3.15. The van der Waals surface area contributed by atoms with Crippen LogP contribution >= 0.6 is 11.6 Å². The lowest BCUT2D eigenvalue weighted by Crippen LogP contribution is -2.35. The fourth-order valence-corrected chi connectivity index (χ4v) is 5.00. The van der Waals surface area contributed by atoms with Gasteiger partial charge in [0, 0.05) is 23.8 Å². The van der Waals surface area contributed by atoms with E-state index >= 15 is 0 Å². The lowest BCUT2D eigenvalue weighted by atomic mass is 10.2. The van der Waals surface area contributed by atoms with Gasteiger partial charge in [-0.3, -0.25) is 4.79 Å². The average molecular weight is 450 g/mol. The zero-order chi connectivity index (χ0) is 21.1. The number of hydrogen-bond acceptors (Lipinski definition) is 6. The zero-order valence-corrected chi connectivity index (χ0v) is 17.6. The van der Waals surface area contributed by atoms with E-state index in [0.717, 1.165) is 24.1 Å². The fraction of sp³-hybridized carbons (Fsp3) is 0.316. The number of sulfonamides is 1. The minimum absolute atomic E-state index is 0.153. The van der Waals surface area contributed by atoms with E-state index in [1.807, 2.05) is 0 Å². The summed E-state index contributed by atoms with van der Waals surface area (Å²) in [5.41, 5.74) is 1.48. The van der Waals surface area contributed by atoms with Crippen LogP contribution in [0.25, 0.3) is 11.0 Å². The van der Waals surface area contributed by atoms with Gasteiger partial charge in [-0.15, -0.1) is 5.10 Å². The third-order valence-electron chi connectivity index (χ3n) is 4.77. The molecule has 11 heteroatoms. The van der Waals surface area contributed by atoms with E-state index in [-0.39, 0.29) is 11.5 Å². The second kappa shape index (κ2) is 8.58. The Kier molecular flexibility index (Phi) is 5.89. The van der Waals surface area contributed by atoms with Crippen molar-refractivity contribution < 1.29 is 18.0 Å². The van der Waals surface area contributed by atoms with Crippen LogP contribution in [0, 0.1) is 0 Å². The molecule has 9 nitrogen and oxygen atoms in total. The summed E-state index contributed by atoms with van der Waals surface area (Å²) < 4.78 is 27.1. The fourth-order valence-electron chi connectivity index (χ4n) is 3.27. The van der Waals surface area contributed by atoms with Crippen molar-refractivity contribution in [3.05, 3.63) is 47.5 Å². The maximum Gasteiger partial charge on any atom is 0.265 e. The van der Waals surface area contributed by atoms with Crippen molar-refractivity contribution in [2.45, 2.75) is 24.2 Å². The number of piperidine rings is 1. The summed E-state index contributed by atoms with van der Waals surface area (Å²) in [6.07, 6.45) is 2.75. The monoisotopic (exact) mass is 449 g/mol. The van der Waals surface area contributed by atoms with Crippen LogP contribution in [0.4, 0.5) is 5.69 Å². The first-order chi connectivity index (χ1) is 14.4. The van der Waals surface area contributed by atoms with Gasteiger partial charge in [0.25, 0.3) is 5.91 Å². The van der Waals surface area contributed by atoms with Gasteiger partial charge in [0.2, 0.25) is 10.0 Å². The molecule has 1 amide bonds. The topological polar surface area (TPSA) is 106 Å². The Balaban J connectivity index is 1.42. The van der Waals surface area contributed by atoms with E-state index < -0.39 is 15.9 Å². The first-order valence-corrected chi connectivity index (χ1v) is 11.3. The lowest BCUT2D eigenvalue weighted by molar-refractivity contribution is -0.121. The summed E-state index contributed by atoms with van der Waals surface area (Å²) in [6, 6.07) is 11.2. The second-order valence-corrected chi connectivity index (χ2v) is 9.28. The highest BCUT2D eigenvalue weighted by Gasteiger charge is 2.26. The third-order valence-corrected chi connectivity index (χ3v) is 6.90. The molecule has 2 aromatic carbocycles. The molecule has 1 N–H and O–H groups in total. The molecule has 0 radical (unpaired) electrons. The van der Waals surface area contributed by atoms with Crippen LogP contribution in [0.2, 0.25) is 5.02 Å². The Morgan fingerprint density at radius 2 is 1.93 bits per heavy atom. The van der Waals surface area contributed by atoms with Crippen molar-refractivity contribution in [3.8, 4) is 0 Å².